The first kappa shape index (κ1) is 10.0. The molecule has 3 nitrogen and oxygen atoms in total. The minimum Gasteiger partial charge on any atom is -0.481 e. The van der Waals surface area contributed by atoms with E-state index in [0.29, 0.717) is 0 Å². The average Bonchev–Trinajstić information content (AvgIpc) is 2.98. The van der Waals surface area contributed by atoms with Crippen LogP contribution in [0.2, 0.25) is 0 Å². The summed E-state index contributed by atoms with van der Waals surface area (Å²) in [6.45, 7) is 2.11. The molecule has 2 atom stereocenters. The first-order valence-corrected chi connectivity index (χ1v) is 5.29. The number of anilines is 1. The average molecular weight is 205 g/mol. The molecule has 1 aromatic carbocycles. The third kappa shape index (κ3) is 2.29. The molecule has 0 aromatic heterocycles. The maximum absolute atomic E-state index is 10.6. The second kappa shape index (κ2) is 3.93. The van der Waals surface area contributed by atoms with Gasteiger partial charge in [0, 0.05) is 11.7 Å². The van der Waals surface area contributed by atoms with E-state index in [9.17, 15) is 4.79 Å². The summed E-state index contributed by atoms with van der Waals surface area (Å²) < 4.78 is 0. The number of aliphatic carboxylic acids is 1. The molecule has 1 fully saturated rings. The molecule has 2 unspecified atom stereocenters. The highest BCUT2D eigenvalue weighted by Gasteiger charge is 2.43. The summed E-state index contributed by atoms with van der Waals surface area (Å²) in [7, 11) is 0. The molecular formula is C12H15NO2. The van der Waals surface area contributed by atoms with Crippen molar-refractivity contribution >= 4 is 11.7 Å². The predicted molar refractivity (Wildman–Crippen MR) is 59.0 cm³/mol. The molecular weight excluding hydrogens is 190 g/mol. The smallest absolute Gasteiger partial charge is 0.308 e. The molecule has 15 heavy (non-hydrogen) atoms. The largest absolute Gasteiger partial charge is 0.481 e. The van der Waals surface area contributed by atoms with Crippen molar-refractivity contribution in [3.05, 3.63) is 29.8 Å². The van der Waals surface area contributed by atoms with Gasteiger partial charge in [0.2, 0.25) is 0 Å². The molecule has 1 aliphatic carbocycles. The van der Waals surface area contributed by atoms with E-state index in [4.69, 9.17) is 5.11 Å². The molecule has 0 amide bonds. The highest BCUT2D eigenvalue weighted by atomic mass is 16.4. The van der Waals surface area contributed by atoms with Crippen LogP contribution in [0.4, 0.5) is 5.69 Å². The van der Waals surface area contributed by atoms with Crippen molar-refractivity contribution in [2.24, 2.45) is 5.92 Å². The molecule has 1 saturated carbocycles. The lowest BCUT2D eigenvalue weighted by atomic mass is 10.1. The van der Waals surface area contributed by atoms with Gasteiger partial charge in [0.1, 0.15) is 0 Å². The third-order valence-corrected chi connectivity index (χ3v) is 2.82. The van der Waals surface area contributed by atoms with Crippen LogP contribution in [0.15, 0.2) is 24.3 Å². The molecule has 2 rings (SSSR count). The van der Waals surface area contributed by atoms with Crippen LogP contribution >= 0.6 is 0 Å². The lowest BCUT2D eigenvalue weighted by Crippen LogP contribution is -2.09. The Morgan fingerprint density at radius 2 is 2.13 bits per heavy atom. The van der Waals surface area contributed by atoms with Crippen LogP contribution in [0.3, 0.4) is 0 Å². The Bertz CT molecular complexity index is 358. The van der Waals surface area contributed by atoms with Gasteiger partial charge in [0.25, 0.3) is 0 Å². The molecule has 0 radical (unpaired) electrons. The van der Waals surface area contributed by atoms with Gasteiger partial charge in [-0.1, -0.05) is 19.1 Å². The molecule has 2 N–H and O–H groups in total. The number of aryl methyl sites for hydroxylation is 1. The lowest BCUT2D eigenvalue weighted by Gasteiger charge is -2.05. The molecule has 80 valence electrons. The van der Waals surface area contributed by atoms with E-state index in [1.807, 2.05) is 12.1 Å². The third-order valence-electron chi connectivity index (χ3n) is 2.82. The van der Waals surface area contributed by atoms with E-state index in [2.05, 4.69) is 24.4 Å². The molecule has 1 aliphatic rings. The zero-order valence-electron chi connectivity index (χ0n) is 8.73. The minimum absolute atomic E-state index is 0.120. The fraction of sp³-hybridized carbons (Fsp3) is 0.417. The molecule has 0 bridgehead atoms. The Labute approximate surface area is 89.1 Å². The maximum atomic E-state index is 10.6. The van der Waals surface area contributed by atoms with Crippen molar-refractivity contribution in [3.63, 3.8) is 0 Å². The van der Waals surface area contributed by atoms with Gasteiger partial charge in [-0.2, -0.15) is 0 Å². The second-order valence-corrected chi connectivity index (χ2v) is 3.98. The summed E-state index contributed by atoms with van der Waals surface area (Å²) in [5.41, 5.74) is 2.31. The van der Waals surface area contributed by atoms with Crippen molar-refractivity contribution in [1.29, 1.82) is 0 Å². The summed E-state index contributed by atoms with van der Waals surface area (Å²) in [6.07, 6.45) is 1.77. The van der Waals surface area contributed by atoms with Crippen molar-refractivity contribution in [1.82, 2.24) is 0 Å². The number of carbonyl (C=O) groups is 1. The SMILES string of the molecule is CCc1ccc(NC2CC2C(=O)O)cc1. The summed E-state index contributed by atoms with van der Waals surface area (Å²) >= 11 is 0. The van der Waals surface area contributed by atoms with Crippen LogP contribution in [0.25, 0.3) is 0 Å². The topological polar surface area (TPSA) is 49.3 Å². The van der Waals surface area contributed by atoms with E-state index in [-0.39, 0.29) is 12.0 Å². The standard InChI is InChI=1S/C12H15NO2/c1-2-8-3-5-9(6-4-8)13-11-7-10(11)12(14)15/h3-6,10-11,13H,2,7H2,1H3,(H,14,15). The first-order chi connectivity index (χ1) is 7.20. The van der Waals surface area contributed by atoms with Crippen LogP contribution in [-0.2, 0) is 11.2 Å². The van der Waals surface area contributed by atoms with Gasteiger partial charge in [0.15, 0.2) is 0 Å². The van der Waals surface area contributed by atoms with Crippen molar-refractivity contribution in [2.45, 2.75) is 25.8 Å². The summed E-state index contributed by atoms with van der Waals surface area (Å²) in [5, 5.41) is 12.0. The summed E-state index contributed by atoms with van der Waals surface area (Å²) in [6, 6.07) is 8.28. The van der Waals surface area contributed by atoms with Crippen LogP contribution in [0.1, 0.15) is 18.9 Å². The zero-order valence-corrected chi connectivity index (χ0v) is 8.73. The van der Waals surface area contributed by atoms with Crippen LogP contribution in [-0.4, -0.2) is 17.1 Å². The summed E-state index contributed by atoms with van der Waals surface area (Å²) in [5.74, 6) is -0.895. The number of hydrogen-bond acceptors (Lipinski definition) is 2. The predicted octanol–water partition coefficient (Wildman–Crippen LogP) is 2.13. The van der Waals surface area contributed by atoms with E-state index in [1.165, 1.54) is 5.56 Å². The van der Waals surface area contributed by atoms with Crippen LogP contribution in [0, 0.1) is 5.92 Å². The van der Waals surface area contributed by atoms with Gasteiger partial charge >= 0.3 is 5.97 Å². The quantitative estimate of drug-likeness (QED) is 0.791. The van der Waals surface area contributed by atoms with Gasteiger partial charge in [-0.3, -0.25) is 4.79 Å². The van der Waals surface area contributed by atoms with Gasteiger partial charge in [-0.25, -0.2) is 0 Å². The zero-order chi connectivity index (χ0) is 10.8. The van der Waals surface area contributed by atoms with E-state index >= 15 is 0 Å². The summed E-state index contributed by atoms with van der Waals surface area (Å²) in [4.78, 5) is 10.6. The lowest BCUT2D eigenvalue weighted by molar-refractivity contribution is -0.138. The Morgan fingerprint density at radius 1 is 1.47 bits per heavy atom. The molecule has 0 spiro atoms. The Balaban J connectivity index is 1.92. The van der Waals surface area contributed by atoms with Crippen LogP contribution < -0.4 is 5.32 Å². The molecule has 0 aliphatic heterocycles. The fourth-order valence-electron chi connectivity index (χ4n) is 1.68. The van der Waals surface area contributed by atoms with Gasteiger partial charge < -0.3 is 10.4 Å². The monoisotopic (exact) mass is 205 g/mol. The number of rotatable bonds is 4. The molecule has 0 heterocycles. The van der Waals surface area contributed by atoms with E-state index < -0.39 is 5.97 Å². The van der Waals surface area contributed by atoms with Gasteiger partial charge in [-0.15, -0.1) is 0 Å². The Hall–Kier alpha value is -1.51. The number of carboxylic acid groups (broad SMARTS) is 1. The first-order valence-electron chi connectivity index (χ1n) is 5.29. The Morgan fingerprint density at radius 3 is 2.60 bits per heavy atom. The van der Waals surface area contributed by atoms with Gasteiger partial charge in [-0.05, 0) is 30.5 Å². The number of nitrogens with one attached hydrogen (secondary N) is 1. The molecule has 3 heteroatoms. The maximum Gasteiger partial charge on any atom is 0.308 e. The molecule has 1 aromatic rings. The number of benzene rings is 1. The second-order valence-electron chi connectivity index (χ2n) is 3.98. The molecule has 0 saturated heterocycles. The van der Waals surface area contributed by atoms with Crippen molar-refractivity contribution < 1.29 is 9.90 Å². The number of hydrogen-bond donors (Lipinski definition) is 2. The normalized spacial score (nSPS) is 23.5. The highest BCUT2D eigenvalue weighted by Crippen LogP contribution is 2.33. The van der Waals surface area contributed by atoms with E-state index in [1.54, 1.807) is 0 Å². The van der Waals surface area contributed by atoms with Crippen LogP contribution in [0.5, 0.6) is 0 Å². The van der Waals surface area contributed by atoms with Gasteiger partial charge in [0.05, 0.1) is 5.92 Å². The van der Waals surface area contributed by atoms with Crippen molar-refractivity contribution in [2.75, 3.05) is 5.32 Å². The Kier molecular flexibility index (Phi) is 2.62. The van der Waals surface area contributed by atoms with E-state index in [0.717, 1.165) is 18.5 Å². The fourth-order valence-corrected chi connectivity index (χ4v) is 1.68. The number of carboxylic acids is 1. The highest BCUT2D eigenvalue weighted by molar-refractivity contribution is 5.75. The minimum atomic E-state index is -0.697. The van der Waals surface area contributed by atoms with Crippen molar-refractivity contribution in [3.8, 4) is 0 Å².